The van der Waals surface area contributed by atoms with E-state index in [-0.39, 0.29) is 18.9 Å². The number of nitriles is 3. The third-order valence-electron chi connectivity index (χ3n) is 6.72. The summed E-state index contributed by atoms with van der Waals surface area (Å²) in [4.78, 5) is 37.5. The first-order chi connectivity index (χ1) is 17.5. The van der Waals surface area contributed by atoms with Crippen LogP contribution >= 0.6 is 0 Å². The van der Waals surface area contributed by atoms with Crippen molar-refractivity contribution in [1.29, 1.82) is 15.8 Å². The molecule has 1 spiro atoms. The summed E-state index contributed by atoms with van der Waals surface area (Å²) in [6.45, 7) is 0.603. The van der Waals surface area contributed by atoms with Gasteiger partial charge in [-0.2, -0.15) is 15.8 Å². The van der Waals surface area contributed by atoms with Crippen molar-refractivity contribution >= 4 is 17.7 Å². The maximum absolute atomic E-state index is 12.8. The van der Waals surface area contributed by atoms with Gasteiger partial charge in [0.25, 0.3) is 0 Å². The lowest BCUT2D eigenvalue weighted by Crippen LogP contribution is -2.58. The Bertz CT molecular complexity index is 1170. The number of hydrogen-bond donors (Lipinski definition) is 1. The first kappa shape index (κ1) is 26.1. The van der Waals surface area contributed by atoms with Crippen molar-refractivity contribution in [2.45, 2.75) is 45.2 Å². The van der Waals surface area contributed by atoms with Crippen LogP contribution in [0.15, 0.2) is 60.7 Å². The molecule has 0 radical (unpaired) electrons. The number of likely N-dealkylation sites (tertiary alicyclic amines) is 1. The van der Waals surface area contributed by atoms with Crippen LogP contribution in [0.2, 0.25) is 0 Å². The fourth-order valence-electron chi connectivity index (χ4n) is 4.91. The average molecular weight is 482 g/mol. The Kier molecular flexibility index (Phi) is 8.92. The standard InChI is InChI=1S/C18H17N3O2.C10H10N2O/c19-10-14-16(22)21(12-13-6-2-1-3-7-13)17(23)15(11-20)18(14)8-4-5-9-18;11-7-6-10(13)12-8-9-4-2-1-3-5-9/h1-3,6-7,14-15H,4-5,8-9,12H2;1-5H,6,8H2,(H,12,13). The normalized spacial score (nSPS) is 19.9. The number of carbonyl (C=O) groups is 3. The molecule has 3 amide bonds. The van der Waals surface area contributed by atoms with E-state index in [0.29, 0.717) is 19.4 Å². The first-order valence-electron chi connectivity index (χ1n) is 11.8. The van der Waals surface area contributed by atoms with Crippen LogP contribution < -0.4 is 5.32 Å². The molecule has 1 heterocycles. The summed E-state index contributed by atoms with van der Waals surface area (Å²) < 4.78 is 0. The molecule has 36 heavy (non-hydrogen) atoms. The molecule has 4 rings (SSSR count). The third-order valence-corrected chi connectivity index (χ3v) is 6.72. The number of amides is 3. The molecule has 8 heteroatoms. The van der Waals surface area contributed by atoms with E-state index >= 15 is 0 Å². The number of rotatable bonds is 5. The Morgan fingerprint density at radius 1 is 0.861 bits per heavy atom. The van der Waals surface area contributed by atoms with Crippen LogP contribution in [0, 0.1) is 51.2 Å². The molecule has 2 aliphatic rings. The van der Waals surface area contributed by atoms with Gasteiger partial charge in [-0.05, 0) is 24.0 Å². The van der Waals surface area contributed by atoms with E-state index in [1.54, 1.807) is 6.07 Å². The maximum atomic E-state index is 12.8. The van der Waals surface area contributed by atoms with Crippen LogP contribution in [0.4, 0.5) is 0 Å². The lowest BCUT2D eigenvalue weighted by molar-refractivity contribution is -0.162. The van der Waals surface area contributed by atoms with Gasteiger partial charge in [-0.3, -0.25) is 19.3 Å². The predicted octanol–water partition coefficient (Wildman–Crippen LogP) is 3.61. The molecular formula is C28H27N5O3. The molecule has 2 atom stereocenters. The van der Waals surface area contributed by atoms with Gasteiger partial charge in [-0.25, -0.2) is 0 Å². The molecule has 0 aromatic heterocycles. The molecule has 2 unspecified atom stereocenters. The van der Waals surface area contributed by atoms with Gasteiger partial charge in [-0.15, -0.1) is 0 Å². The number of hydrogen-bond acceptors (Lipinski definition) is 6. The van der Waals surface area contributed by atoms with Gasteiger partial charge >= 0.3 is 0 Å². The van der Waals surface area contributed by atoms with E-state index < -0.39 is 29.1 Å². The SMILES string of the molecule is N#CC1C(=O)N(Cc2ccccc2)C(=O)C(C#N)C12CCCC2.N#CCC(=O)NCc1ccccc1. The molecule has 1 N–H and O–H groups in total. The third kappa shape index (κ3) is 5.77. The van der Waals surface area contributed by atoms with E-state index in [4.69, 9.17) is 5.26 Å². The second-order valence-corrected chi connectivity index (χ2v) is 8.91. The highest BCUT2D eigenvalue weighted by molar-refractivity contribution is 6.03. The summed E-state index contributed by atoms with van der Waals surface area (Å²) >= 11 is 0. The number of benzene rings is 2. The number of imide groups is 1. The topological polar surface area (TPSA) is 138 Å². The summed E-state index contributed by atoms with van der Waals surface area (Å²) in [6.07, 6.45) is 2.83. The van der Waals surface area contributed by atoms with Crippen molar-refractivity contribution in [2.24, 2.45) is 17.3 Å². The summed E-state index contributed by atoms with van der Waals surface area (Å²) in [7, 11) is 0. The minimum Gasteiger partial charge on any atom is -0.351 e. The minimum absolute atomic E-state index is 0.0766. The molecule has 2 aromatic rings. The van der Waals surface area contributed by atoms with Gasteiger partial charge in [0, 0.05) is 12.0 Å². The minimum atomic E-state index is -0.906. The van der Waals surface area contributed by atoms with E-state index in [1.807, 2.05) is 60.7 Å². The number of nitrogens with one attached hydrogen (secondary N) is 1. The molecule has 1 saturated carbocycles. The molecule has 182 valence electrons. The Hall–Kier alpha value is -4.48. The number of nitrogens with zero attached hydrogens (tertiary/aromatic N) is 4. The van der Waals surface area contributed by atoms with Crippen molar-refractivity contribution in [3.63, 3.8) is 0 Å². The zero-order chi connectivity index (χ0) is 26.0. The Balaban J connectivity index is 0.000000236. The molecule has 0 bridgehead atoms. The largest absolute Gasteiger partial charge is 0.351 e. The average Bonchev–Trinajstić information content (AvgIpc) is 3.37. The lowest BCUT2D eigenvalue weighted by atomic mass is 9.62. The molecule has 8 nitrogen and oxygen atoms in total. The zero-order valence-corrected chi connectivity index (χ0v) is 19.9. The van der Waals surface area contributed by atoms with Gasteiger partial charge in [0.05, 0.1) is 24.8 Å². The summed E-state index contributed by atoms with van der Waals surface area (Å²) in [5, 5.41) is 30.0. The first-order valence-corrected chi connectivity index (χ1v) is 11.8. The van der Waals surface area contributed by atoms with Crippen LogP contribution in [-0.2, 0) is 27.5 Å². The van der Waals surface area contributed by atoms with E-state index in [1.165, 1.54) is 0 Å². The summed E-state index contributed by atoms with van der Waals surface area (Å²) in [5.41, 5.74) is 1.06. The quantitative estimate of drug-likeness (QED) is 0.648. The second kappa shape index (κ2) is 12.3. The zero-order valence-electron chi connectivity index (χ0n) is 19.9. The van der Waals surface area contributed by atoms with Crippen molar-refractivity contribution in [2.75, 3.05) is 0 Å². The Labute approximate surface area is 210 Å². The van der Waals surface area contributed by atoms with Gasteiger partial charge in [0.2, 0.25) is 17.7 Å². The Morgan fingerprint density at radius 3 is 1.83 bits per heavy atom. The van der Waals surface area contributed by atoms with E-state index in [2.05, 4.69) is 17.5 Å². The second-order valence-electron chi connectivity index (χ2n) is 8.91. The Morgan fingerprint density at radius 2 is 1.36 bits per heavy atom. The van der Waals surface area contributed by atoms with Crippen molar-refractivity contribution in [3.05, 3.63) is 71.8 Å². The summed E-state index contributed by atoms with van der Waals surface area (Å²) in [5.74, 6) is -2.94. The molecule has 1 aliphatic heterocycles. The van der Waals surface area contributed by atoms with Crippen LogP contribution in [0.5, 0.6) is 0 Å². The fourth-order valence-corrected chi connectivity index (χ4v) is 4.91. The molecular weight excluding hydrogens is 454 g/mol. The highest BCUT2D eigenvalue weighted by atomic mass is 16.2. The van der Waals surface area contributed by atoms with Gasteiger partial charge in [0.15, 0.2) is 0 Å². The van der Waals surface area contributed by atoms with Crippen molar-refractivity contribution in [1.82, 2.24) is 10.2 Å². The molecule has 2 aromatic carbocycles. The summed E-state index contributed by atoms with van der Waals surface area (Å²) in [6, 6.07) is 24.7. The van der Waals surface area contributed by atoms with Crippen molar-refractivity contribution < 1.29 is 14.4 Å². The van der Waals surface area contributed by atoms with Gasteiger partial charge < -0.3 is 5.32 Å². The van der Waals surface area contributed by atoms with Crippen LogP contribution in [0.3, 0.4) is 0 Å². The highest BCUT2D eigenvalue weighted by Crippen LogP contribution is 2.53. The number of carbonyl (C=O) groups excluding carboxylic acids is 3. The molecule has 2 fully saturated rings. The van der Waals surface area contributed by atoms with Gasteiger partial charge in [-0.1, -0.05) is 73.5 Å². The maximum Gasteiger partial charge on any atom is 0.247 e. The fraction of sp³-hybridized carbons (Fsp3) is 0.357. The molecule has 1 saturated heterocycles. The van der Waals surface area contributed by atoms with Crippen LogP contribution in [-0.4, -0.2) is 22.6 Å². The van der Waals surface area contributed by atoms with Crippen LogP contribution in [0.1, 0.15) is 43.2 Å². The predicted molar refractivity (Wildman–Crippen MR) is 130 cm³/mol. The monoisotopic (exact) mass is 481 g/mol. The lowest BCUT2D eigenvalue weighted by Gasteiger charge is -2.43. The van der Waals surface area contributed by atoms with Crippen LogP contribution in [0.25, 0.3) is 0 Å². The smallest absolute Gasteiger partial charge is 0.247 e. The molecule has 1 aliphatic carbocycles. The van der Waals surface area contributed by atoms with Crippen molar-refractivity contribution in [3.8, 4) is 18.2 Å². The van der Waals surface area contributed by atoms with E-state index in [9.17, 15) is 24.9 Å². The van der Waals surface area contributed by atoms with Gasteiger partial charge in [0.1, 0.15) is 18.3 Å². The van der Waals surface area contributed by atoms with E-state index in [0.717, 1.165) is 28.9 Å². The number of piperidine rings is 1. The highest BCUT2D eigenvalue weighted by Gasteiger charge is 2.59.